The number of carbonyl (C=O) groups is 2. The fourth-order valence-corrected chi connectivity index (χ4v) is 2.08. The normalized spacial score (nSPS) is 18.5. The van der Waals surface area contributed by atoms with E-state index in [2.05, 4.69) is 0 Å². The zero-order valence-corrected chi connectivity index (χ0v) is 8.45. The van der Waals surface area contributed by atoms with Crippen LogP contribution in [-0.4, -0.2) is 11.6 Å². The molecule has 1 rings (SSSR count). The van der Waals surface area contributed by atoms with Crippen LogP contribution in [0.15, 0.2) is 0 Å². The average molecular weight is 204 g/mol. The Balaban J connectivity index is 2.85. The van der Waals surface area contributed by atoms with Gasteiger partial charge in [-0.05, 0) is 12.8 Å². The highest BCUT2D eigenvalue weighted by atomic mass is 16.2. The number of ketones is 2. The molecule has 1 saturated carbocycles. The van der Waals surface area contributed by atoms with E-state index in [0.717, 1.165) is 0 Å². The average Bonchev–Trinajstić information content (AvgIpc) is 2.51. The van der Waals surface area contributed by atoms with Crippen molar-refractivity contribution in [2.45, 2.75) is 38.5 Å². The summed E-state index contributed by atoms with van der Waals surface area (Å²) in [7, 11) is 0. The summed E-state index contributed by atoms with van der Waals surface area (Å²) in [6.07, 6.45) is 1.50. The summed E-state index contributed by atoms with van der Waals surface area (Å²) in [6.45, 7) is 0. The quantitative estimate of drug-likeness (QED) is 0.650. The molecule has 0 radical (unpaired) electrons. The Morgan fingerprint density at radius 3 is 1.73 bits per heavy atom. The summed E-state index contributed by atoms with van der Waals surface area (Å²) in [4.78, 5) is 23.4. The van der Waals surface area contributed by atoms with Gasteiger partial charge in [-0.1, -0.05) is 0 Å². The molecule has 78 valence electrons. The molecule has 1 aliphatic rings. The van der Waals surface area contributed by atoms with Crippen molar-refractivity contribution in [1.29, 1.82) is 10.5 Å². The monoisotopic (exact) mass is 204 g/mol. The molecule has 0 spiro atoms. The van der Waals surface area contributed by atoms with Gasteiger partial charge in [-0.2, -0.15) is 10.5 Å². The summed E-state index contributed by atoms with van der Waals surface area (Å²) in [5.41, 5.74) is -1.01. The van der Waals surface area contributed by atoms with Gasteiger partial charge in [0.25, 0.3) is 0 Å². The number of carbonyl (C=O) groups excluding carboxylic acids is 2. The molecule has 0 saturated heterocycles. The van der Waals surface area contributed by atoms with Crippen molar-refractivity contribution in [2.75, 3.05) is 0 Å². The number of Topliss-reactive ketones (excluding diaryl/α,β-unsaturated/α-hetero) is 2. The van der Waals surface area contributed by atoms with Gasteiger partial charge >= 0.3 is 0 Å². The molecule has 1 fully saturated rings. The predicted molar refractivity (Wildman–Crippen MR) is 51.4 cm³/mol. The third-order valence-electron chi connectivity index (χ3n) is 2.97. The highest BCUT2D eigenvalue weighted by Gasteiger charge is 2.48. The van der Waals surface area contributed by atoms with Crippen molar-refractivity contribution >= 4 is 11.6 Å². The second-order valence-electron chi connectivity index (χ2n) is 3.74. The lowest BCUT2D eigenvalue weighted by atomic mass is 9.76. The van der Waals surface area contributed by atoms with E-state index in [0.29, 0.717) is 0 Å². The Kier molecular flexibility index (Phi) is 3.57. The van der Waals surface area contributed by atoms with Crippen molar-refractivity contribution < 1.29 is 9.59 Å². The summed E-state index contributed by atoms with van der Waals surface area (Å²) < 4.78 is 0. The molecule has 0 unspecified atom stereocenters. The maximum atomic E-state index is 11.7. The van der Waals surface area contributed by atoms with Crippen molar-refractivity contribution in [2.24, 2.45) is 5.41 Å². The van der Waals surface area contributed by atoms with Crippen molar-refractivity contribution in [3.63, 3.8) is 0 Å². The van der Waals surface area contributed by atoms with Crippen LogP contribution >= 0.6 is 0 Å². The second-order valence-corrected chi connectivity index (χ2v) is 3.74. The van der Waals surface area contributed by atoms with E-state index in [1.807, 2.05) is 12.1 Å². The van der Waals surface area contributed by atoms with Crippen molar-refractivity contribution in [3.8, 4) is 12.1 Å². The third-order valence-corrected chi connectivity index (χ3v) is 2.97. The van der Waals surface area contributed by atoms with E-state index in [1.165, 1.54) is 0 Å². The predicted octanol–water partition coefficient (Wildman–Crippen LogP) is 1.51. The lowest BCUT2D eigenvalue weighted by molar-refractivity contribution is -0.135. The van der Waals surface area contributed by atoms with Crippen LogP contribution in [0.3, 0.4) is 0 Å². The van der Waals surface area contributed by atoms with Crippen LogP contribution in [0.25, 0.3) is 0 Å². The van der Waals surface area contributed by atoms with E-state index in [1.54, 1.807) is 0 Å². The molecule has 0 atom stereocenters. The molecule has 0 aromatic rings. The summed E-state index contributed by atoms with van der Waals surface area (Å²) in [6, 6.07) is 3.90. The molecule has 0 amide bonds. The van der Waals surface area contributed by atoms with E-state index < -0.39 is 5.41 Å². The van der Waals surface area contributed by atoms with Crippen LogP contribution < -0.4 is 0 Å². The van der Waals surface area contributed by atoms with E-state index in [4.69, 9.17) is 10.5 Å². The largest absolute Gasteiger partial charge is 0.299 e. The Morgan fingerprint density at radius 1 is 1.00 bits per heavy atom. The standard InChI is InChI=1S/C11H12N2O2/c12-7-1-5-11(6-2-8-13)9(14)3-4-10(11)15/h1-6H2. The van der Waals surface area contributed by atoms with Gasteiger partial charge in [0.1, 0.15) is 11.6 Å². The topological polar surface area (TPSA) is 81.7 Å². The minimum atomic E-state index is -1.01. The minimum Gasteiger partial charge on any atom is -0.299 e. The second kappa shape index (κ2) is 4.70. The molecule has 0 aliphatic heterocycles. The zero-order chi connectivity index (χ0) is 11.3. The van der Waals surface area contributed by atoms with Gasteiger partial charge < -0.3 is 0 Å². The Hall–Kier alpha value is -1.68. The SMILES string of the molecule is N#CCCC1(CCC#N)C(=O)CCC1=O. The van der Waals surface area contributed by atoms with Gasteiger partial charge in [0.05, 0.1) is 17.6 Å². The highest BCUT2D eigenvalue weighted by molar-refractivity contribution is 6.12. The van der Waals surface area contributed by atoms with Crippen molar-refractivity contribution in [1.82, 2.24) is 0 Å². The number of hydrogen-bond donors (Lipinski definition) is 0. The number of hydrogen-bond acceptors (Lipinski definition) is 4. The molecule has 0 aromatic heterocycles. The summed E-state index contributed by atoms with van der Waals surface area (Å²) in [5, 5.41) is 17.0. The number of nitrogens with zero attached hydrogens (tertiary/aromatic N) is 2. The molecule has 15 heavy (non-hydrogen) atoms. The maximum Gasteiger partial charge on any atom is 0.146 e. The van der Waals surface area contributed by atoms with E-state index in [-0.39, 0.29) is 50.1 Å². The molecule has 0 aromatic carbocycles. The first-order chi connectivity index (χ1) is 7.17. The van der Waals surface area contributed by atoms with E-state index in [9.17, 15) is 9.59 Å². The number of rotatable bonds is 4. The molecule has 1 aliphatic carbocycles. The Bertz CT molecular complexity index is 324. The molecule has 4 nitrogen and oxygen atoms in total. The lowest BCUT2D eigenvalue weighted by Gasteiger charge is -2.23. The smallest absolute Gasteiger partial charge is 0.146 e. The fraction of sp³-hybridized carbons (Fsp3) is 0.636. The molecule has 0 bridgehead atoms. The Morgan fingerprint density at radius 2 is 1.40 bits per heavy atom. The molecular weight excluding hydrogens is 192 g/mol. The first-order valence-corrected chi connectivity index (χ1v) is 4.98. The highest BCUT2D eigenvalue weighted by Crippen LogP contribution is 2.39. The first kappa shape index (κ1) is 11.4. The van der Waals surface area contributed by atoms with Gasteiger partial charge in [-0.25, -0.2) is 0 Å². The maximum absolute atomic E-state index is 11.7. The van der Waals surface area contributed by atoms with Crippen LogP contribution in [0.4, 0.5) is 0 Å². The van der Waals surface area contributed by atoms with Gasteiger partial charge in [0.15, 0.2) is 0 Å². The molecule has 0 N–H and O–H groups in total. The van der Waals surface area contributed by atoms with Crippen LogP contribution in [-0.2, 0) is 9.59 Å². The summed E-state index contributed by atoms with van der Waals surface area (Å²) in [5.74, 6) is -0.170. The zero-order valence-electron chi connectivity index (χ0n) is 8.45. The van der Waals surface area contributed by atoms with Crippen LogP contribution in [0.1, 0.15) is 38.5 Å². The van der Waals surface area contributed by atoms with Crippen LogP contribution in [0, 0.1) is 28.1 Å². The van der Waals surface area contributed by atoms with Crippen molar-refractivity contribution in [3.05, 3.63) is 0 Å². The Labute approximate surface area is 88.5 Å². The molecule has 0 heterocycles. The molecule has 4 heteroatoms. The van der Waals surface area contributed by atoms with Gasteiger partial charge in [0, 0.05) is 25.7 Å². The first-order valence-electron chi connectivity index (χ1n) is 4.98. The van der Waals surface area contributed by atoms with Gasteiger partial charge in [-0.15, -0.1) is 0 Å². The number of nitriles is 2. The fourth-order valence-electron chi connectivity index (χ4n) is 2.08. The van der Waals surface area contributed by atoms with Gasteiger partial charge in [-0.3, -0.25) is 9.59 Å². The van der Waals surface area contributed by atoms with Crippen LogP contribution in [0.2, 0.25) is 0 Å². The summed E-state index contributed by atoms with van der Waals surface area (Å²) >= 11 is 0. The van der Waals surface area contributed by atoms with E-state index >= 15 is 0 Å². The minimum absolute atomic E-state index is 0.0852. The third kappa shape index (κ3) is 2.05. The van der Waals surface area contributed by atoms with Gasteiger partial charge in [0.2, 0.25) is 0 Å². The molecular formula is C11H12N2O2. The lowest BCUT2D eigenvalue weighted by Crippen LogP contribution is -2.32. The van der Waals surface area contributed by atoms with Crippen LogP contribution in [0.5, 0.6) is 0 Å².